The molecule has 0 aliphatic rings. The summed E-state index contributed by atoms with van der Waals surface area (Å²) >= 11 is 0. The van der Waals surface area contributed by atoms with E-state index >= 15 is 0 Å². The Hall–Kier alpha value is -0.960. The van der Waals surface area contributed by atoms with Crippen molar-refractivity contribution in [2.75, 3.05) is 26.3 Å². The van der Waals surface area contributed by atoms with Gasteiger partial charge in [-0.05, 0) is 6.92 Å². The highest BCUT2D eigenvalue weighted by atomic mass is 19.4. The molecule has 1 amide bonds. The Morgan fingerprint density at radius 1 is 1.33 bits per heavy atom. The fraction of sp³-hybridized carbons (Fsp3) is 0.889. The molecule has 4 nitrogen and oxygen atoms in total. The molecule has 0 bridgehead atoms. The number of alkyl halides is 5. The van der Waals surface area contributed by atoms with Crippen LogP contribution in [0.25, 0.3) is 0 Å². The maximum Gasteiger partial charge on any atom is 0.405 e. The first kappa shape index (κ1) is 17.0. The third-order valence-electron chi connectivity index (χ3n) is 1.80. The first-order valence-electron chi connectivity index (χ1n) is 5.16. The van der Waals surface area contributed by atoms with Crippen molar-refractivity contribution < 1.29 is 31.5 Å². The quantitative estimate of drug-likeness (QED) is 0.513. The van der Waals surface area contributed by atoms with Gasteiger partial charge in [0.1, 0.15) is 13.2 Å². The summed E-state index contributed by atoms with van der Waals surface area (Å²) in [4.78, 5) is 11.1. The molecule has 0 radical (unpaired) electrons. The molecule has 0 aliphatic carbocycles. The van der Waals surface area contributed by atoms with E-state index < -0.39 is 37.7 Å². The van der Waals surface area contributed by atoms with Crippen molar-refractivity contribution in [3.8, 4) is 0 Å². The number of nitrogens with one attached hydrogen (secondary N) is 2. The highest BCUT2D eigenvalue weighted by molar-refractivity contribution is 5.81. The molecule has 0 heterocycles. The molecule has 108 valence electrons. The first-order chi connectivity index (χ1) is 8.22. The van der Waals surface area contributed by atoms with Gasteiger partial charge < -0.3 is 15.4 Å². The molecule has 9 heteroatoms. The van der Waals surface area contributed by atoms with Crippen LogP contribution in [0.1, 0.15) is 6.92 Å². The lowest BCUT2D eigenvalue weighted by molar-refractivity contribution is -0.139. The molecular weight excluding hydrogens is 263 g/mol. The van der Waals surface area contributed by atoms with Crippen LogP contribution >= 0.6 is 0 Å². The molecule has 0 saturated heterocycles. The van der Waals surface area contributed by atoms with Crippen molar-refractivity contribution in [3.63, 3.8) is 0 Å². The smallest absolute Gasteiger partial charge is 0.374 e. The number of hydrogen-bond donors (Lipinski definition) is 2. The van der Waals surface area contributed by atoms with E-state index in [2.05, 4.69) is 10.1 Å². The van der Waals surface area contributed by atoms with Crippen molar-refractivity contribution in [1.82, 2.24) is 10.6 Å². The molecule has 0 fully saturated rings. The SMILES string of the molecule is CC(NCCOCC(F)F)C(=O)NCC(F)(F)F. The van der Waals surface area contributed by atoms with Gasteiger partial charge in [0.2, 0.25) is 5.91 Å². The summed E-state index contributed by atoms with van der Waals surface area (Å²) in [7, 11) is 0. The Labute approximate surface area is 101 Å². The number of halogens is 5. The van der Waals surface area contributed by atoms with Crippen LogP contribution in [0.2, 0.25) is 0 Å². The monoisotopic (exact) mass is 278 g/mol. The number of rotatable bonds is 8. The van der Waals surface area contributed by atoms with Crippen molar-refractivity contribution >= 4 is 5.91 Å². The predicted molar refractivity (Wildman–Crippen MR) is 53.4 cm³/mol. The van der Waals surface area contributed by atoms with E-state index in [1.807, 2.05) is 0 Å². The summed E-state index contributed by atoms with van der Waals surface area (Å²) in [5.74, 6) is -0.818. The second-order valence-electron chi connectivity index (χ2n) is 3.47. The number of hydrogen-bond acceptors (Lipinski definition) is 3. The van der Waals surface area contributed by atoms with Gasteiger partial charge in [0.15, 0.2) is 0 Å². The molecule has 0 saturated carbocycles. The van der Waals surface area contributed by atoms with E-state index in [4.69, 9.17) is 0 Å². The molecule has 1 atom stereocenters. The first-order valence-corrected chi connectivity index (χ1v) is 5.16. The molecule has 0 aromatic carbocycles. The molecule has 1 unspecified atom stereocenters. The van der Waals surface area contributed by atoms with Crippen LogP contribution in [0, 0.1) is 0 Å². The maximum absolute atomic E-state index is 11.8. The summed E-state index contributed by atoms with van der Waals surface area (Å²) in [5, 5.41) is 4.24. The number of carbonyl (C=O) groups is 1. The summed E-state index contributed by atoms with van der Waals surface area (Å²) < 4.78 is 63.1. The molecule has 0 aromatic rings. The average molecular weight is 278 g/mol. The molecular formula is C9H15F5N2O2. The number of amides is 1. The van der Waals surface area contributed by atoms with Crippen LogP contribution in [0.15, 0.2) is 0 Å². The lowest BCUT2D eigenvalue weighted by Crippen LogP contribution is -2.46. The van der Waals surface area contributed by atoms with Gasteiger partial charge in [0.05, 0.1) is 12.6 Å². The minimum Gasteiger partial charge on any atom is -0.374 e. The second-order valence-corrected chi connectivity index (χ2v) is 3.47. The average Bonchev–Trinajstić information content (AvgIpc) is 2.23. The molecule has 0 aliphatic heterocycles. The largest absolute Gasteiger partial charge is 0.405 e. The van der Waals surface area contributed by atoms with Crippen molar-refractivity contribution in [2.24, 2.45) is 0 Å². The van der Waals surface area contributed by atoms with E-state index in [-0.39, 0.29) is 13.2 Å². The Morgan fingerprint density at radius 3 is 2.44 bits per heavy atom. The van der Waals surface area contributed by atoms with Gasteiger partial charge in [-0.1, -0.05) is 0 Å². The fourth-order valence-electron chi connectivity index (χ4n) is 0.953. The Kier molecular flexibility index (Phi) is 7.76. The molecule has 0 rings (SSSR count). The zero-order valence-electron chi connectivity index (χ0n) is 9.69. The highest BCUT2D eigenvalue weighted by Gasteiger charge is 2.28. The van der Waals surface area contributed by atoms with Crippen LogP contribution in [0.3, 0.4) is 0 Å². The fourth-order valence-corrected chi connectivity index (χ4v) is 0.953. The zero-order valence-corrected chi connectivity index (χ0v) is 9.69. The molecule has 0 spiro atoms. The van der Waals surface area contributed by atoms with Crippen molar-refractivity contribution in [1.29, 1.82) is 0 Å². The van der Waals surface area contributed by atoms with Crippen LogP contribution in [0.4, 0.5) is 22.0 Å². The van der Waals surface area contributed by atoms with E-state index in [1.54, 1.807) is 5.32 Å². The van der Waals surface area contributed by atoms with Gasteiger partial charge in [-0.25, -0.2) is 8.78 Å². The van der Waals surface area contributed by atoms with Crippen LogP contribution < -0.4 is 10.6 Å². The topological polar surface area (TPSA) is 50.4 Å². The normalized spacial score (nSPS) is 13.7. The van der Waals surface area contributed by atoms with E-state index in [9.17, 15) is 26.7 Å². The number of ether oxygens (including phenoxy) is 1. The van der Waals surface area contributed by atoms with Crippen LogP contribution in [-0.4, -0.2) is 50.9 Å². The highest BCUT2D eigenvalue weighted by Crippen LogP contribution is 2.12. The standard InChI is InChI=1S/C9H15F5N2O2/c1-6(8(17)16-5-9(12,13)14)15-2-3-18-4-7(10)11/h6-7,15H,2-5H2,1H3,(H,16,17). The lowest BCUT2D eigenvalue weighted by atomic mass is 10.3. The van der Waals surface area contributed by atoms with Gasteiger partial charge in [-0.3, -0.25) is 4.79 Å². The van der Waals surface area contributed by atoms with Crippen LogP contribution in [-0.2, 0) is 9.53 Å². The third-order valence-corrected chi connectivity index (χ3v) is 1.80. The summed E-state index contributed by atoms with van der Waals surface area (Å²) in [6.45, 7) is -0.719. The van der Waals surface area contributed by atoms with Crippen molar-refractivity contribution in [3.05, 3.63) is 0 Å². The van der Waals surface area contributed by atoms with Gasteiger partial charge in [0.25, 0.3) is 6.43 Å². The minimum absolute atomic E-state index is 0.0543. The van der Waals surface area contributed by atoms with Gasteiger partial charge in [0, 0.05) is 6.54 Å². The Balaban J connectivity index is 3.62. The summed E-state index contributed by atoms with van der Waals surface area (Å²) in [6.07, 6.45) is -7.03. The molecule has 2 N–H and O–H groups in total. The van der Waals surface area contributed by atoms with E-state index in [1.165, 1.54) is 6.92 Å². The molecule has 18 heavy (non-hydrogen) atoms. The van der Waals surface area contributed by atoms with Crippen molar-refractivity contribution in [2.45, 2.75) is 25.6 Å². The second kappa shape index (κ2) is 8.20. The minimum atomic E-state index is -4.46. The number of carbonyl (C=O) groups excluding carboxylic acids is 1. The summed E-state index contributed by atoms with van der Waals surface area (Å²) in [5.41, 5.74) is 0. The summed E-state index contributed by atoms with van der Waals surface area (Å²) in [6, 6.07) is -0.859. The maximum atomic E-state index is 11.8. The van der Waals surface area contributed by atoms with Gasteiger partial charge >= 0.3 is 6.18 Å². The molecule has 0 aromatic heterocycles. The predicted octanol–water partition coefficient (Wildman–Crippen LogP) is 0.925. The van der Waals surface area contributed by atoms with Gasteiger partial charge in [-0.2, -0.15) is 13.2 Å². The van der Waals surface area contributed by atoms with Gasteiger partial charge in [-0.15, -0.1) is 0 Å². The zero-order chi connectivity index (χ0) is 14.2. The van der Waals surface area contributed by atoms with E-state index in [0.29, 0.717) is 0 Å². The Bertz CT molecular complexity index is 248. The lowest BCUT2D eigenvalue weighted by Gasteiger charge is -2.15. The van der Waals surface area contributed by atoms with Crippen LogP contribution in [0.5, 0.6) is 0 Å². The third kappa shape index (κ3) is 10.2. The Morgan fingerprint density at radius 2 is 1.94 bits per heavy atom. The van der Waals surface area contributed by atoms with E-state index in [0.717, 1.165) is 0 Å².